The van der Waals surface area contributed by atoms with E-state index < -0.39 is 5.97 Å². The molecule has 1 aromatic heterocycles. The number of aromatic carboxylic acids is 1. The molecule has 0 bridgehead atoms. The van der Waals surface area contributed by atoms with Crippen molar-refractivity contribution in [3.63, 3.8) is 0 Å². The van der Waals surface area contributed by atoms with Crippen molar-refractivity contribution in [1.82, 2.24) is 9.55 Å². The standard InChI is InChI=1S/C9H7ClN2O2/c1-12-7-5(8(13)14)3-2-4-6(7)11-9(12)10/h2-4H,1H3,(H,13,14). The number of nitrogens with zero attached hydrogens (tertiary/aromatic N) is 2. The van der Waals surface area contributed by atoms with Crippen LogP contribution in [0.25, 0.3) is 11.0 Å². The van der Waals surface area contributed by atoms with E-state index in [2.05, 4.69) is 4.98 Å². The summed E-state index contributed by atoms with van der Waals surface area (Å²) in [6.07, 6.45) is 0. The topological polar surface area (TPSA) is 55.1 Å². The largest absolute Gasteiger partial charge is 0.478 e. The van der Waals surface area contributed by atoms with Gasteiger partial charge in [0, 0.05) is 7.05 Å². The number of imidazole rings is 1. The number of hydrogen-bond acceptors (Lipinski definition) is 2. The van der Waals surface area contributed by atoms with Crippen molar-refractivity contribution >= 4 is 28.6 Å². The average molecular weight is 211 g/mol. The van der Waals surface area contributed by atoms with Crippen LogP contribution in [0, 0.1) is 0 Å². The van der Waals surface area contributed by atoms with E-state index in [1.54, 1.807) is 23.7 Å². The number of aromatic nitrogens is 2. The molecule has 4 nitrogen and oxygen atoms in total. The van der Waals surface area contributed by atoms with Gasteiger partial charge < -0.3 is 9.67 Å². The van der Waals surface area contributed by atoms with Crippen molar-refractivity contribution in [3.05, 3.63) is 29.0 Å². The van der Waals surface area contributed by atoms with Crippen molar-refractivity contribution < 1.29 is 9.90 Å². The number of fused-ring (bicyclic) bond motifs is 1. The summed E-state index contributed by atoms with van der Waals surface area (Å²) in [6.45, 7) is 0. The summed E-state index contributed by atoms with van der Waals surface area (Å²) in [6, 6.07) is 4.91. The Bertz CT molecular complexity index is 519. The second kappa shape index (κ2) is 2.99. The molecule has 0 spiro atoms. The van der Waals surface area contributed by atoms with E-state index in [4.69, 9.17) is 16.7 Å². The fourth-order valence-corrected chi connectivity index (χ4v) is 1.59. The highest BCUT2D eigenvalue weighted by Gasteiger charge is 2.13. The second-order valence-corrected chi connectivity index (χ2v) is 3.26. The molecular formula is C9H7ClN2O2. The molecule has 72 valence electrons. The maximum atomic E-state index is 10.9. The molecule has 0 atom stereocenters. The first kappa shape index (κ1) is 9.02. The van der Waals surface area contributed by atoms with E-state index in [9.17, 15) is 4.79 Å². The molecule has 2 aromatic rings. The Labute approximate surface area is 84.7 Å². The quantitative estimate of drug-likeness (QED) is 0.783. The van der Waals surface area contributed by atoms with Gasteiger partial charge in [-0.3, -0.25) is 0 Å². The molecule has 2 rings (SSSR count). The van der Waals surface area contributed by atoms with Crippen molar-refractivity contribution in [2.24, 2.45) is 7.05 Å². The van der Waals surface area contributed by atoms with E-state index in [1.807, 2.05) is 0 Å². The molecule has 5 heteroatoms. The van der Waals surface area contributed by atoms with E-state index in [1.165, 1.54) is 6.07 Å². The molecule has 1 N–H and O–H groups in total. The SMILES string of the molecule is Cn1c(Cl)nc2cccc(C(=O)O)c21. The summed E-state index contributed by atoms with van der Waals surface area (Å²) in [7, 11) is 1.68. The predicted octanol–water partition coefficient (Wildman–Crippen LogP) is 1.92. The number of para-hydroxylation sites is 1. The third kappa shape index (κ3) is 1.15. The van der Waals surface area contributed by atoms with Gasteiger partial charge in [0.15, 0.2) is 0 Å². The minimum Gasteiger partial charge on any atom is -0.478 e. The molecule has 0 aliphatic heterocycles. The number of carbonyl (C=O) groups is 1. The van der Waals surface area contributed by atoms with Gasteiger partial charge in [-0.25, -0.2) is 9.78 Å². The van der Waals surface area contributed by atoms with Crippen LogP contribution in [-0.4, -0.2) is 20.6 Å². The number of carboxylic acids is 1. The van der Waals surface area contributed by atoms with Crippen molar-refractivity contribution in [3.8, 4) is 0 Å². The molecule has 0 unspecified atom stereocenters. The Morgan fingerprint density at radius 1 is 1.57 bits per heavy atom. The third-order valence-electron chi connectivity index (χ3n) is 2.07. The summed E-state index contributed by atoms with van der Waals surface area (Å²) >= 11 is 5.79. The zero-order chi connectivity index (χ0) is 10.3. The minimum absolute atomic E-state index is 0.212. The summed E-state index contributed by atoms with van der Waals surface area (Å²) in [5.41, 5.74) is 1.35. The summed E-state index contributed by atoms with van der Waals surface area (Å²) in [5.74, 6) is -0.977. The smallest absolute Gasteiger partial charge is 0.337 e. The highest BCUT2D eigenvalue weighted by atomic mass is 35.5. The Morgan fingerprint density at radius 3 is 2.93 bits per heavy atom. The molecule has 1 aromatic carbocycles. The Balaban J connectivity index is 2.91. The molecule has 0 amide bonds. The predicted molar refractivity (Wildman–Crippen MR) is 52.7 cm³/mol. The van der Waals surface area contributed by atoms with Crippen LogP contribution in [0.1, 0.15) is 10.4 Å². The highest BCUT2D eigenvalue weighted by Crippen LogP contribution is 2.21. The van der Waals surface area contributed by atoms with Gasteiger partial charge in [-0.15, -0.1) is 0 Å². The van der Waals surface area contributed by atoms with Gasteiger partial charge in [-0.2, -0.15) is 0 Å². The van der Waals surface area contributed by atoms with Crippen LogP contribution in [0.4, 0.5) is 0 Å². The Morgan fingerprint density at radius 2 is 2.29 bits per heavy atom. The number of carboxylic acid groups (broad SMARTS) is 1. The van der Waals surface area contributed by atoms with Gasteiger partial charge in [0.05, 0.1) is 16.6 Å². The minimum atomic E-state index is -0.977. The number of halogens is 1. The summed E-state index contributed by atoms with van der Waals surface area (Å²) < 4.78 is 1.56. The molecule has 1 heterocycles. The highest BCUT2D eigenvalue weighted by molar-refractivity contribution is 6.29. The van der Waals surface area contributed by atoms with Gasteiger partial charge in [0.2, 0.25) is 5.28 Å². The third-order valence-corrected chi connectivity index (χ3v) is 2.41. The Kier molecular flexibility index (Phi) is 1.93. The van der Waals surface area contributed by atoms with Crippen molar-refractivity contribution in [2.75, 3.05) is 0 Å². The van der Waals surface area contributed by atoms with E-state index in [0.717, 1.165) is 0 Å². The van der Waals surface area contributed by atoms with Crippen LogP contribution in [-0.2, 0) is 7.05 Å². The Hall–Kier alpha value is -1.55. The van der Waals surface area contributed by atoms with Crippen LogP contribution in [0.3, 0.4) is 0 Å². The first-order chi connectivity index (χ1) is 6.61. The second-order valence-electron chi connectivity index (χ2n) is 2.92. The first-order valence-corrected chi connectivity index (χ1v) is 4.33. The number of benzene rings is 1. The lowest BCUT2D eigenvalue weighted by atomic mass is 10.2. The maximum Gasteiger partial charge on any atom is 0.337 e. The van der Waals surface area contributed by atoms with E-state index in [-0.39, 0.29) is 10.8 Å². The van der Waals surface area contributed by atoms with Crippen molar-refractivity contribution in [2.45, 2.75) is 0 Å². The molecule has 0 aliphatic rings. The van der Waals surface area contributed by atoms with Gasteiger partial charge in [-0.05, 0) is 23.7 Å². The molecule has 14 heavy (non-hydrogen) atoms. The van der Waals surface area contributed by atoms with E-state index in [0.29, 0.717) is 11.0 Å². The lowest BCUT2D eigenvalue weighted by Crippen LogP contribution is -2.00. The van der Waals surface area contributed by atoms with Crippen LogP contribution in [0.2, 0.25) is 5.28 Å². The molecular weight excluding hydrogens is 204 g/mol. The number of rotatable bonds is 1. The van der Waals surface area contributed by atoms with Crippen LogP contribution in [0.5, 0.6) is 0 Å². The van der Waals surface area contributed by atoms with Gasteiger partial charge in [-0.1, -0.05) is 6.07 Å². The lowest BCUT2D eigenvalue weighted by molar-refractivity contribution is 0.0698. The fraction of sp³-hybridized carbons (Fsp3) is 0.111. The van der Waals surface area contributed by atoms with Crippen molar-refractivity contribution in [1.29, 1.82) is 0 Å². The van der Waals surface area contributed by atoms with Crippen LogP contribution < -0.4 is 0 Å². The van der Waals surface area contributed by atoms with Gasteiger partial charge >= 0.3 is 5.97 Å². The lowest BCUT2D eigenvalue weighted by Gasteiger charge is -1.99. The van der Waals surface area contributed by atoms with Crippen LogP contribution in [0.15, 0.2) is 18.2 Å². The summed E-state index contributed by atoms with van der Waals surface area (Å²) in [5, 5.41) is 9.22. The number of hydrogen-bond donors (Lipinski definition) is 1. The number of aryl methyl sites for hydroxylation is 1. The maximum absolute atomic E-state index is 10.9. The molecule has 0 saturated carbocycles. The molecule has 0 saturated heterocycles. The zero-order valence-corrected chi connectivity index (χ0v) is 8.12. The van der Waals surface area contributed by atoms with E-state index >= 15 is 0 Å². The molecule has 0 radical (unpaired) electrons. The molecule has 0 aliphatic carbocycles. The monoisotopic (exact) mass is 210 g/mol. The fourth-order valence-electron chi connectivity index (χ4n) is 1.41. The zero-order valence-electron chi connectivity index (χ0n) is 7.36. The van der Waals surface area contributed by atoms with Crippen LogP contribution >= 0.6 is 11.6 Å². The molecule has 0 fully saturated rings. The summed E-state index contributed by atoms with van der Waals surface area (Å²) in [4.78, 5) is 14.9. The average Bonchev–Trinajstić information content (AvgIpc) is 2.43. The normalized spacial score (nSPS) is 10.7. The van der Waals surface area contributed by atoms with Gasteiger partial charge in [0.1, 0.15) is 0 Å². The first-order valence-electron chi connectivity index (χ1n) is 3.95. The van der Waals surface area contributed by atoms with Gasteiger partial charge in [0.25, 0.3) is 0 Å².